The lowest BCUT2D eigenvalue weighted by molar-refractivity contribution is 0.279. The minimum atomic E-state index is -0.136. The third-order valence-corrected chi connectivity index (χ3v) is 3.90. The molecule has 0 spiro atoms. The van der Waals surface area contributed by atoms with E-state index < -0.39 is 0 Å². The van der Waals surface area contributed by atoms with E-state index in [9.17, 15) is 10.2 Å². The number of aryl methyl sites for hydroxylation is 1. The molecule has 106 valence electrons. The van der Waals surface area contributed by atoms with E-state index in [0.717, 1.165) is 5.69 Å². The highest BCUT2D eigenvalue weighted by Gasteiger charge is 2.11. The third kappa shape index (κ3) is 3.23. The Bertz CT molecular complexity index is 585. The number of aliphatic hydroxyl groups is 1. The summed E-state index contributed by atoms with van der Waals surface area (Å²) in [5.74, 6) is 0.143. The topological polar surface area (TPSA) is 65.4 Å². The number of benzene rings is 1. The molecule has 0 saturated carbocycles. The highest BCUT2D eigenvalue weighted by molar-refractivity contribution is 7.98. The Morgan fingerprint density at radius 3 is 2.55 bits per heavy atom. The van der Waals surface area contributed by atoms with Crippen molar-refractivity contribution in [3.63, 3.8) is 0 Å². The van der Waals surface area contributed by atoms with Crippen LogP contribution in [-0.4, -0.2) is 21.5 Å². The summed E-state index contributed by atoms with van der Waals surface area (Å²) in [5, 5.41) is 22.6. The van der Waals surface area contributed by atoms with Gasteiger partial charge in [0.15, 0.2) is 0 Å². The summed E-state index contributed by atoms with van der Waals surface area (Å²) in [4.78, 5) is 5.25. The van der Waals surface area contributed by atoms with Gasteiger partial charge in [-0.05, 0) is 37.4 Å². The minimum Gasteiger partial charge on any atom is -0.506 e. The number of hydrogen-bond acceptors (Lipinski definition) is 5. The molecular formula is C15H18N2O2S. The van der Waals surface area contributed by atoms with Gasteiger partial charge in [0.05, 0.1) is 12.3 Å². The molecule has 1 heterocycles. The first-order chi connectivity index (χ1) is 9.65. The van der Waals surface area contributed by atoms with Crippen molar-refractivity contribution in [1.82, 2.24) is 4.98 Å². The predicted molar refractivity (Wildman–Crippen MR) is 82.1 cm³/mol. The number of anilines is 1. The largest absolute Gasteiger partial charge is 0.506 e. The van der Waals surface area contributed by atoms with Crippen LogP contribution < -0.4 is 5.32 Å². The Hall–Kier alpha value is -1.72. The smallest absolute Gasteiger partial charge is 0.142 e. The summed E-state index contributed by atoms with van der Waals surface area (Å²) in [7, 11) is 0. The summed E-state index contributed by atoms with van der Waals surface area (Å²) in [6.07, 6.45) is 3.64. The average Bonchev–Trinajstić information content (AvgIpc) is 2.49. The van der Waals surface area contributed by atoms with Gasteiger partial charge in [0.25, 0.3) is 0 Å². The van der Waals surface area contributed by atoms with Gasteiger partial charge in [0, 0.05) is 34.5 Å². The molecule has 1 aromatic carbocycles. The quantitative estimate of drug-likeness (QED) is 0.739. The van der Waals surface area contributed by atoms with Crippen molar-refractivity contribution >= 4 is 17.4 Å². The van der Waals surface area contributed by atoms with Crippen LogP contribution in [0.3, 0.4) is 0 Å². The number of aromatic hydroxyl groups is 1. The van der Waals surface area contributed by atoms with Crippen LogP contribution in [0.2, 0.25) is 0 Å². The van der Waals surface area contributed by atoms with Crippen LogP contribution in [0, 0.1) is 6.92 Å². The van der Waals surface area contributed by atoms with Gasteiger partial charge in [-0.3, -0.25) is 4.98 Å². The molecule has 5 heteroatoms. The van der Waals surface area contributed by atoms with Crippen LogP contribution >= 0.6 is 11.8 Å². The van der Waals surface area contributed by atoms with Crippen molar-refractivity contribution in [3.8, 4) is 5.75 Å². The van der Waals surface area contributed by atoms with E-state index in [0.29, 0.717) is 23.4 Å². The summed E-state index contributed by atoms with van der Waals surface area (Å²) in [6.45, 7) is 2.06. The molecule has 0 aliphatic carbocycles. The highest BCUT2D eigenvalue weighted by atomic mass is 32.2. The molecule has 20 heavy (non-hydrogen) atoms. The molecule has 2 aromatic rings. The minimum absolute atomic E-state index is 0.136. The van der Waals surface area contributed by atoms with Gasteiger partial charge in [0.2, 0.25) is 0 Å². The first kappa shape index (κ1) is 14.7. The molecule has 0 bridgehead atoms. The molecule has 0 atom stereocenters. The van der Waals surface area contributed by atoms with E-state index in [1.54, 1.807) is 24.9 Å². The zero-order valence-electron chi connectivity index (χ0n) is 11.6. The van der Waals surface area contributed by atoms with Crippen molar-refractivity contribution in [2.45, 2.75) is 25.0 Å². The Balaban J connectivity index is 2.15. The lowest BCUT2D eigenvalue weighted by Crippen LogP contribution is -2.05. The molecule has 0 amide bonds. The standard InChI is InChI=1S/C15H18N2O2S/c1-10-15(19)14(11(9-18)7-16-10)8-17-12-3-5-13(20-2)6-4-12/h3-7,17-19H,8-9H2,1-2H3. The Morgan fingerprint density at radius 1 is 1.25 bits per heavy atom. The molecule has 0 saturated heterocycles. The highest BCUT2D eigenvalue weighted by Crippen LogP contribution is 2.25. The zero-order valence-corrected chi connectivity index (χ0v) is 12.4. The van der Waals surface area contributed by atoms with Crippen LogP contribution in [-0.2, 0) is 13.2 Å². The fraction of sp³-hybridized carbons (Fsp3) is 0.267. The van der Waals surface area contributed by atoms with Crippen LogP contribution in [0.15, 0.2) is 35.4 Å². The summed E-state index contributed by atoms with van der Waals surface area (Å²) < 4.78 is 0. The van der Waals surface area contributed by atoms with Gasteiger partial charge in [0.1, 0.15) is 5.75 Å². The van der Waals surface area contributed by atoms with Crippen LogP contribution in [0.5, 0.6) is 5.75 Å². The molecule has 0 fully saturated rings. The van der Waals surface area contributed by atoms with E-state index in [4.69, 9.17) is 0 Å². The van der Waals surface area contributed by atoms with Crippen molar-refractivity contribution in [2.24, 2.45) is 0 Å². The molecule has 3 N–H and O–H groups in total. The lowest BCUT2D eigenvalue weighted by atomic mass is 10.1. The molecule has 4 nitrogen and oxygen atoms in total. The van der Waals surface area contributed by atoms with Crippen LogP contribution in [0.1, 0.15) is 16.8 Å². The number of nitrogens with zero attached hydrogens (tertiary/aromatic N) is 1. The Kier molecular flexibility index (Phi) is 4.87. The van der Waals surface area contributed by atoms with Crippen LogP contribution in [0.4, 0.5) is 5.69 Å². The second-order valence-electron chi connectivity index (χ2n) is 4.44. The first-order valence-electron chi connectivity index (χ1n) is 6.30. The summed E-state index contributed by atoms with van der Waals surface area (Å²) in [5.41, 5.74) is 2.87. The summed E-state index contributed by atoms with van der Waals surface area (Å²) in [6, 6.07) is 8.07. The Labute approximate surface area is 122 Å². The predicted octanol–water partition coefficient (Wildman–Crippen LogP) is 2.92. The van der Waals surface area contributed by atoms with Gasteiger partial charge in [-0.15, -0.1) is 11.8 Å². The van der Waals surface area contributed by atoms with Crippen molar-refractivity contribution < 1.29 is 10.2 Å². The molecule has 0 aliphatic rings. The van der Waals surface area contributed by atoms with Crippen molar-refractivity contribution in [1.29, 1.82) is 0 Å². The SMILES string of the molecule is CSc1ccc(NCc2c(CO)cnc(C)c2O)cc1. The molecule has 0 radical (unpaired) electrons. The molecule has 1 aromatic heterocycles. The van der Waals surface area contributed by atoms with E-state index in [-0.39, 0.29) is 12.4 Å². The normalized spacial score (nSPS) is 10.6. The van der Waals surface area contributed by atoms with E-state index in [1.807, 2.05) is 30.5 Å². The summed E-state index contributed by atoms with van der Waals surface area (Å²) >= 11 is 1.69. The maximum absolute atomic E-state index is 10.1. The monoisotopic (exact) mass is 290 g/mol. The number of aliphatic hydroxyl groups excluding tert-OH is 1. The van der Waals surface area contributed by atoms with Gasteiger partial charge in [-0.2, -0.15) is 0 Å². The molecule has 0 aliphatic heterocycles. The average molecular weight is 290 g/mol. The maximum Gasteiger partial charge on any atom is 0.142 e. The van der Waals surface area contributed by atoms with Crippen molar-refractivity contribution in [3.05, 3.63) is 47.3 Å². The fourth-order valence-electron chi connectivity index (χ4n) is 1.92. The van der Waals surface area contributed by atoms with Gasteiger partial charge in [-0.1, -0.05) is 0 Å². The Morgan fingerprint density at radius 2 is 1.95 bits per heavy atom. The zero-order chi connectivity index (χ0) is 14.5. The third-order valence-electron chi connectivity index (χ3n) is 3.16. The number of aromatic nitrogens is 1. The van der Waals surface area contributed by atoms with E-state index >= 15 is 0 Å². The number of rotatable bonds is 5. The van der Waals surface area contributed by atoms with Gasteiger partial charge in [-0.25, -0.2) is 0 Å². The fourth-order valence-corrected chi connectivity index (χ4v) is 2.33. The number of nitrogens with one attached hydrogen (secondary N) is 1. The number of hydrogen-bond donors (Lipinski definition) is 3. The van der Waals surface area contributed by atoms with E-state index in [1.165, 1.54) is 4.90 Å². The molecular weight excluding hydrogens is 272 g/mol. The lowest BCUT2D eigenvalue weighted by Gasteiger charge is -2.13. The first-order valence-corrected chi connectivity index (χ1v) is 7.53. The van der Waals surface area contributed by atoms with Crippen LogP contribution in [0.25, 0.3) is 0 Å². The second kappa shape index (κ2) is 6.63. The van der Waals surface area contributed by atoms with Gasteiger partial charge < -0.3 is 15.5 Å². The maximum atomic E-state index is 10.1. The van der Waals surface area contributed by atoms with E-state index in [2.05, 4.69) is 10.3 Å². The second-order valence-corrected chi connectivity index (χ2v) is 5.32. The number of thioether (sulfide) groups is 1. The van der Waals surface area contributed by atoms with Gasteiger partial charge >= 0.3 is 0 Å². The molecule has 0 unspecified atom stereocenters. The number of pyridine rings is 1. The van der Waals surface area contributed by atoms with Crippen molar-refractivity contribution in [2.75, 3.05) is 11.6 Å². The molecule has 2 rings (SSSR count).